The van der Waals surface area contributed by atoms with Gasteiger partial charge in [-0.3, -0.25) is 4.79 Å². The SMILES string of the molecule is CC(N(C)C(=O)c1cccc(F)c1)C(C)(C)C. The van der Waals surface area contributed by atoms with Crippen molar-refractivity contribution in [3.8, 4) is 0 Å². The third-order valence-electron chi connectivity index (χ3n) is 3.23. The van der Waals surface area contributed by atoms with Gasteiger partial charge in [-0.15, -0.1) is 0 Å². The molecule has 0 aromatic heterocycles. The fraction of sp³-hybridized carbons (Fsp3) is 0.500. The van der Waals surface area contributed by atoms with E-state index in [9.17, 15) is 9.18 Å². The number of nitrogens with zero attached hydrogens (tertiary/aromatic N) is 1. The van der Waals surface area contributed by atoms with Crippen molar-refractivity contribution in [3.05, 3.63) is 35.6 Å². The lowest BCUT2D eigenvalue weighted by Gasteiger charge is -2.35. The zero-order chi connectivity index (χ0) is 13.2. The predicted octanol–water partition coefficient (Wildman–Crippen LogP) is 3.33. The van der Waals surface area contributed by atoms with Crippen molar-refractivity contribution in [2.75, 3.05) is 7.05 Å². The maximum atomic E-state index is 13.1. The van der Waals surface area contributed by atoms with Crippen LogP contribution in [0.3, 0.4) is 0 Å². The van der Waals surface area contributed by atoms with E-state index in [1.165, 1.54) is 12.1 Å². The quantitative estimate of drug-likeness (QED) is 0.772. The van der Waals surface area contributed by atoms with Gasteiger partial charge in [0.1, 0.15) is 5.82 Å². The average Bonchev–Trinajstić information content (AvgIpc) is 2.25. The number of benzene rings is 1. The molecule has 0 aliphatic carbocycles. The van der Waals surface area contributed by atoms with Gasteiger partial charge in [-0.2, -0.15) is 0 Å². The number of hydrogen-bond donors (Lipinski definition) is 0. The second kappa shape index (κ2) is 4.86. The van der Waals surface area contributed by atoms with Crippen LogP contribution in [0.2, 0.25) is 0 Å². The van der Waals surface area contributed by atoms with Crippen molar-refractivity contribution in [2.45, 2.75) is 33.7 Å². The second-order valence-corrected chi connectivity index (χ2v) is 5.47. The molecule has 17 heavy (non-hydrogen) atoms. The summed E-state index contributed by atoms with van der Waals surface area (Å²) in [4.78, 5) is 13.8. The largest absolute Gasteiger partial charge is 0.338 e. The van der Waals surface area contributed by atoms with Gasteiger partial charge < -0.3 is 4.90 Å². The van der Waals surface area contributed by atoms with E-state index in [0.717, 1.165) is 0 Å². The van der Waals surface area contributed by atoms with Gasteiger partial charge in [0, 0.05) is 18.7 Å². The van der Waals surface area contributed by atoms with Crippen LogP contribution < -0.4 is 0 Å². The number of hydrogen-bond acceptors (Lipinski definition) is 1. The van der Waals surface area contributed by atoms with E-state index >= 15 is 0 Å². The molecule has 1 atom stereocenters. The molecule has 1 amide bonds. The summed E-state index contributed by atoms with van der Waals surface area (Å²) in [6.45, 7) is 8.23. The Kier molecular flexibility index (Phi) is 3.91. The second-order valence-electron chi connectivity index (χ2n) is 5.47. The highest BCUT2D eigenvalue weighted by Crippen LogP contribution is 2.24. The minimum Gasteiger partial charge on any atom is -0.338 e. The Bertz CT molecular complexity index is 409. The molecule has 0 N–H and O–H groups in total. The van der Waals surface area contributed by atoms with E-state index in [1.807, 2.05) is 6.92 Å². The minimum atomic E-state index is -0.382. The summed E-state index contributed by atoms with van der Waals surface area (Å²) in [6.07, 6.45) is 0. The first-order chi connectivity index (χ1) is 7.73. The van der Waals surface area contributed by atoms with E-state index in [0.29, 0.717) is 5.56 Å². The fourth-order valence-electron chi connectivity index (χ4n) is 1.58. The summed E-state index contributed by atoms with van der Waals surface area (Å²) in [6, 6.07) is 5.88. The van der Waals surface area contributed by atoms with Gasteiger partial charge in [-0.05, 0) is 30.5 Å². The molecule has 1 aromatic carbocycles. The average molecular weight is 237 g/mol. The summed E-state index contributed by atoms with van der Waals surface area (Å²) in [5.41, 5.74) is 0.390. The van der Waals surface area contributed by atoms with Crippen LogP contribution in [0.5, 0.6) is 0 Å². The van der Waals surface area contributed by atoms with Crippen LogP contribution in [0.25, 0.3) is 0 Å². The Balaban J connectivity index is 2.91. The molecule has 0 radical (unpaired) electrons. The third-order valence-corrected chi connectivity index (χ3v) is 3.23. The maximum absolute atomic E-state index is 13.1. The fourth-order valence-corrected chi connectivity index (χ4v) is 1.58. The van der Waals surface area contributed by atoms with Crippen LogP contribution in [0, 0.1) is 11.2 Å². The summed E-state index contributed by atoms with van der Waals surface area (Å²) < 4.78 is 13.1. The van der Waals surface area contributed by atoms with Gasteiger partial charge in [0.05, 0.1) is 0 Å². The highest BCUT2D eigenvalue weighted by molar-refractivity contribution is 5.94. The summed E-state index contributed by atoms with van der Waals surface area (Å²) in [7, 11) is 1.75. The van der Waals surface area contributed by atoms with E-state index in [1.54, 1.807) is 24.1 Å². The molecule has 1 unspecified atom stereocenters. The predicted molar refractivity (Wildman–Crippen MR) is 67.4 cm³/mol. The van der Waals surface area contributed by atoms with Gasteiger partial charge in [0.15, 0.2) is 0 Å². The first-order valence-electron chi connectivity index (χ1n) is 5.76. The van der Waals surface area contributed by atoms with Gasteiger partial charge in [-0.1, -0.05) is 26.8 Å². The molecule has 0 spiro atoms. The molecule has 0 bridgehead atoms. The molecular formula is C14H20FNO. The van der Waals surface area contributed by atoms with E-state index in [4.69, 9.17) is 0 Å². The Labute approximate surface area is 102 Å². The number of amides is 1. The number of halogens is 1. The molecule has 94 valence electrons. The zero-order valence-corrected chi connectivity index (χ0v) is 11.1. The zero-order valence-electron chi connectivity index (χ0n) is 11.1. The van der Waals surface area contributed by atoms with Crippen LogP contribution in [0.1, 0.15) is 38.1 Å². The Hall–Kier alpha value is -1.38. The topological polar surface area (TPSA) is 20.3 Å². The molecule has 0 saturated carbocycles. The monoisotopic (exact) mass is 237 g/mol. The molecule has 0 aliphatic heterocycles. The molecule has 2 nitrogen and oxygen atoms in total. The standard InChI is InChI=1S/C14H20FNO/c1-10(14(2,3)4)16(5)13(17)11-7-6-8-12(15)9-11/h6-10H,1-5H3. The third kappa shape index (κ3) is 3.29. The summed E-state index contributed by atoms with van der Waals surface area (Å²) in [5, 5.41) is 0. The van der Waals surface area contributed by atoms with Crippen molar-refractivity contribution in [3.63, 3.8) is 0 Å². The van der Waals surface area contributed by atoms with E-state index in [-0.39, 0.29) is 23.2 Å². The molecule has 0 fully saturated rings. The molecule has 0 aliphatic rings. The lowest BCUT2D eigenvalue weighted by atomic mass is 9.87. The molecule has 1 aromatic rings. The Morgan fingerprint density at radius 2 is 1.94 bits per heavy atom. The van der Waals surface area contributed by atoms with Crippen molar-refractivity contribution < 1.29 is 9.18 Å². The molecule has 1 rings (SSSR count). The Morgan fingerprint density at radius 3 is 2.41 bits per heavy atom. The number of carbonyl (C=O) groups is 1. The van der Waals surface area contributed by atoms with Gasteiger partial charge >= 0.3 is 0 Å². The van der Waals surface area contributed by atoms with Crippen LogP contribution in [-0.4, -0.2) is 23.9 Å². The van der Waals surface area contributed by atoms with E-state index < -0.39 is 0 Å². The van der Waals surface area contributed by atoms with Gasteiger partial charge in [-0.25, -0.2) is 4.39 Å². The van der Waals surface area contributed by atoms with E-state index in [2.05, 4.69) is 20.8 Å². The van der Waals surface area contributed by atoms with Crippen molar-refractivity contribution in [1.82, 2.24) is 4.90 Å². The molecule has 3 heteroatoms. The van der Waals surface area contributed by atoms with Gasteiger partial charge in [0.25, 0.3) is 5.91 Å². The highest BCUT2D eigenvalue weighted by atomic mass is 19.1. The van der Waals surface area contributed by atoms with Gasteiger partial charge in [0.2, 0.25) is 0 Å². The van der Waals surface area contributed by atoms with Crippen molar-refractivity contribution >= 4 is 5.91 Å². The smallest absolute Gasteiger partial charge is 0.253 e. The molecular weight excluding hydrogens is 217 g/mol. The van der Waals surface area contributed by atoms with Crippen molar-refractivity contribution in [2.24, 2.45) is 5.41 Å². The van der Waals surface area contributed by atoms with Crippen LogP contribution in [-0.2, 0) is 0 Å². The van der Waals surface area contributed by atoms with Crippen molar-refractivity contribution in [1.29, 1.82) is 0 Å². The normalized spacial score (nSPS) is 13.3. The minimum absolute atomic E-state index is 0.00225. The summed E-state index contributed by atoms with van der Waals surface area (Å²) >= 11 is 0. The first kappa shape index (κ1) is 13.7. The summed E-state index contributed by atoms with van der Waals surface area (Å²) in [5.74, 6) is -0.528. The van der Waals surface area contributed by atoms with Crippen LogP contribution in [0.15, 0.2) is 24.3 Å². The lowest BCUT2D eigenvalue weighted by Crippen LogP contribution is -2.42. The van der Waals surface area contributed by atoms with Crippen LogP contribution >= 0.6 is 0 Å². The number of carbonyl (C=O) groups excluding carboxylic acids is 1. The molecule has 0 heterocycles. The lowest BCUT2D eigenvalue weighted by molar-refractivity contribution is 0.0629. The van der Waals surface area contributed by atoms with Crippen LogP contribution in [0.4, 0.5) is 4.39 Å². The number of rotatable bonds is 2. The Morgan fingerprint density at radius 1 is 1.35 bits per heavy atom. The maximum Gasteiger partial charge on any atom is 0.253 e. The first-order valence-corrected chi connectivity index (χ1v) is 5.76. The molecule has 0 saturated heterocycles. The highest BCUT2D eigenvalue weighted by Gasteiger charge is 2.27.